The first kappa shape index (κ1) is 23.6. The molecule has 32 heavy (non-hydrogen) atoms. The van der Waals surface area contributed by atoms with Gasteiger partial charge in [-0.2, -0.15) is 4.31 Å². The molecule has 0 spiro atoms. The van der Waals surface area contributed by atoms with Gasteiger partial charge >= 0.3 is 6.09 Å². The highest BCUT2D eigenvalue weighted by molar-refractivity contribution is 7.89. The fourth-order valence-corrected chi connectivity index (χ4v) is 5.50. The number of fused-ring (bicyclic) bond motifs is 1. The van der Waals surface area contributed by atoms with Crippen molar-refractivity contribution < 1.29 is 32.3 Å². The minimum Gasteiger partial charge on any atom is -0.449 e. The quantitative estimate of drug-likeness (QED) is 0.342. The van der Waals surface area contributed by atoms with Gasteiger partial charge in [-0.15, -0.1) is 10.1 Å². The Morgan fingerprint density at radius 3 is 2.84 bits per heavy atom. The third-order valence-corrected chi connectivity index (χ3v) is 7.09. The van der Waals surface area contributed by atoms with Gasteiger partial charge in [0.1, 0.15) is 0 Å². The van der Waals surface area contributed by atoms with Crippen LogP contribution in [0.4, 0.5) is 9.18 Å². The molecule has 2 aromatic rings. The van der Waals surface area contributed by atoms with Crippen LogP contribution < -0.4 is 0 Å². The van der Waals surface area contributed by atoms with Crippen molar-refractivity contribution in [3.63, 3.8) is 0 Å². The number of amides is 1. The number of carbonyl (C=O) groups is 1. The molecule has 0 radical (unpaired) electrons. The predicted octanol–water partition coefficient (Wildman–Crippen LogP) is 2.19. The van der Waals surface area contributed by atoms with Crippen molar-refractivity contribution in [2.75, 3.05) is 32.8 Å². The summed E-state index contributed by atoms with van der Waals surface area (Å²) in [5, 5.41) is 9.54. The van der Waals surface area contributed by atoms with Crippen molar-refractivity contribution in [1.29, 1.82) is 0 Å². The smallest absolute Gasteiger partial charge is 0.409 e. The summed E-state index contributed by atoms with van der Waals surface area (Å²) >= 11 is 0. The van der Waals surface area contributed by atoms with E-state index in [0.717, 1.165) is 6.20 Å². The van der Waals surface area contributed by atoms with Crippen molar-refractivity contribution >= 4 is 26.9 Å². The van der Waals surface area contributed by atoms with Gasteiger partial charge in [0, 0.05) is 49.1 Å². The Kier molecular flexibility index (Phi) is 7.40. The van der Waals surface area contributed by atoms with Crippen molar-refractivity contribution in [1.82, 2.24) is 14.2 Å². The number of hydrogen-bond acceptors (Lipinski definition) is 8. The Morgan fingerprint density at radius 2 is 2.09 bits per heavy atom. The molecule has 174 valence electrons. The molecule has 2 heterocycles. The molecule has 1 fully saturated rings. The van der Waals surface area contributed by atoms with Crippen LogP contribution in [0, 0.1) is 15.9 Å². The molecule has 1 atom stereocenters. The van der Waals surface area contributed by atoms with Crippen LogP contribution in [0.1, 0.15) is 19.8 Å². The average molecular weight is 470 g/mol. The van der Waals surface area contributed by atoms with E-state index in [1.165, 1.54) is 27.5 Å². The predicted molar refractivity (Wildman–Crippen MR) is 110 cm³/mol. The molecular formula is C19H23FN4O7S. The lowest BCUT2D eigenvalue weighted by atomic mass is 10.2. The Labute approximate surface area is 183 Å². The maximum absolute atomic E-state index is 14.4. The van der Waals surface area contributed by atoms with Crippen LogP contribution in [-0.2, 0) is 19.6 Å². The fourth-order valence-electron chi connectivity index (χ4n) is 3.61. The highest BCUT2D eigenvalue weighted by atomic mass is 32.2. The standard InChI is InChI=1S/C19H23FN4O7S/c1-14-13-22(19(25)30-9-4-10-31-24(26)27)7-3-8-23(14)32(28,29)17-6-2-5-15-11-21-12-16(20)18(15)17/h2,5-6,11-12,14H,3-4,7-10,13H2,1H3/t14-/m0/s1. The lowest BCUT2D eigenvalue weighted by Gasteiger charge is -2.28. The van der Waals surface area contributed by atoms with Crippen LogP contribution in [0.15, 0.2) is 35.5 Å². The number of sulfonamides is 1. The van der Waals surface area contributed by atoms with Crippen molar-refractivity contribution in [3.05, 3.63) is 46.5 Å². The average Bonchev–Trinajstić information content (AvgIpc) is 2.95. The Hall–Kier alpha value is -3.06. The van der Waals surface area contributed by atoms with Gasteiger partial charge in [-0.1, -0.05) is 12.1 Å². The Bertz CT molecular complexity index is 1090. The van der Waals surface area contributed by atoms with Gasteiger partial charge in [-0.05, 0) is 19.4 Å². The molecule has 1 aliphatic rings. The minimum atomic E-state index is -4.06. The van der Waals surface area contributed by atoms with E-state index >= 15 is 0 Å². The van der Waals surface area contributed by atoms with Gasteiger partial charge in [0.2, 0.25) is 10.0 Å². The summed E-state index contributed by atoms with van der Waals surface area (Å²) in [6.45, 7) is 1.90. The second-order valence-corrected chi connectivity index (χ2v) is 9.12. The Morgan fingerprint density at radius 1 is 1.31 bits per heavy atom. The number of hydrogen-bond donors (Lipinski definition) is 0. The number of pyridine rings is 1. The van der Waals surface area contributed by atoms with Crippen molar-refractivity contribution in [2.24, 2.45) is 0 Å². The highest BCUT2D eigenvalue weighted by Gasteiger charge is 2.35. The molecular weight excluding hydrogens is 447 g/mol. The number of nitrogens with zero attached hydrogens (tertiary/aromatic N) is 4. The van der Waals surface area contributed by atoms with E-state index in [1.54, 1.807) is 13.0 Å². The summed E-state index contributed by atoms with van der Waals surface area (Å²) in [4.78, 5) is 31.6. The molecule has 13 heteroatoms. The summed E-state index contributed by atoms with van der Waals surface area (Å²) in [6.07, 6.45) is 2.24. The van der Waals surface area contributed by atoms with E-state index < -0.39 is 33.1 Å². The van der Waals surface area contributed by atoms with Crippen LogP contribution in [0.5, 0.6) is 0 Å². The molecule has 0 bridgehead atoms. The lowest BCUT2D eigenvalue weighted by molar-refractivity contribution is -0.757. The van der Waals surface area contributed by atoms with Crippen molar-refractivity contribution in [2.45, 2.75) is 30.7 Å². The normalized spacial score (nSPS) is 17.7. The summed E-state index contributed by atoms with van der Waals surface area (Å²) in [7, 11) is -4.06. The first-order valence-electron chi connectivity index (χ1n) is 9.95. The van der Waals surface area contributed by atoms with Gasteiger partial charge in [-0.3, -0.25) is 4.98 Å². The van der Waals surface area contributed by atoms with Gasteiger partial charge < -0.3 is 14.5 Å². The Balaban J connectivity index is 1.72. The summed E-state index contributed by atoms with van der Waals surface area (Å²) < 4.78 is 47.7. The first-order valence-corrected chi connectivity index (χ1v) is 11.4. The van der Waals surface area contributed by atoms with Gasteiger partial charge in [0.05, 0.1) is 24.3 Å². The molecule has 0 aliphatic carbocycles. The van der Waals surface area contributed by atoms with Crippen LogP contribution in [0.25, 0.3) is 10.8 Å². The van der Waals surface area contributed by atoms with Gasteiger partial charge in [0.15, 0.2) is 5.82 Å². The van der Waals surface area contributed by atoms with E-state index in [9.17, 15) is 27.7 Å². The zero-order chi connectivity index (χ0) is 23.3. The minimum absolute atomic E-state index is 0.0212. The number of rotatable bonds is 7. The largest absolute Gasteiger partial charge is 0.449 e. The van der Waals surface area contributed by atoms with Crippen LogP contribution in [0.2, 0.25) is 0 Å². The van der Waals surface area contributed by atoms with Crippen molar-refractivity contribution in [3.8, 4) is 0 Å². The second kappa shape index (κ2) is 10.0. The molecule has 0 N–H and O–H groups in total. The summed E-state index contributed by atoms with van der Waals surface area (Å²) in [5.74, 6) is -0.726. The topological polar surface area (TPSA) is 132 Å². The van der Waals surface area contributed by atoms with Gasteiger partial charge in [-0.25, -0.2) is 17.6 Å². The number of halogens is 1. The molecule has 1 aromatic heterocycles. The maximum Gasteiger partial charge on any atom is 0.409 e. The third kappa shape index (κ3) is 5.22. The van der Waals surface area contributed by atoms with Crippen LogP contribution in [-0.4, -0.2) is 72.7 Å². The van der Waals surface area contributed by atoms with E-state index in [0.29, 0.717) is 11.8 Å². The molecule has 1 amide bonds. The summed E-state index contributed by atoms with van der Waals surface area (Å²) in [6, 6.07) is 3.89. The molecule has 3 rings (SSSR count). The number of carbonyl (C=O) groups excluding carboxylic acids is 1. The van der Waals surface area contributed by atoms with E-state index in [2.05, 4.69) is 9.82 Å². The van der Waals surface area contributed by atoms with E-state index in [4.69, 9.17) is 4.74 Å². The van der Waals surface area contributed by atoms with E-state index in [1.807, 2.05) is 0 Å². The molecule has 1 aromatic carbocycles. The number of ether oxygens (including phenoxy) is 1. The molecule has 0 saturated carbocycles. The SMILES string of the molecule is C[C@H]1CN(C(=O)OCCCO[N+](=O)[O-])CCCN1S(=O)(=O)c1cccc2cncc(F)c12. The highest BCUT2D eigenvalue weighted by Crippen LogP contribution is 2.29. The van der Waals surface area contributed by atoms with Crippen LogP contribution in [0.3, 0.4) is 0 Å². The second-order valence-electron chi connectivity index (χ2n) is 7.26. The first-order chi connectivity index (χ1) is 15.2. The maximum atomic E-state index is 14.4. The van der Waals surface area contributed by atoms with E-state index in [-0.39, 0.29) is 49.6 Å². The monoisotopic (exact) mass is 470 g/mol. The molecule has 1 saturated heterocycles. The number of benzene rings is 1. The zero-order valence-electron chi connectivity index (χ0n) is 17.3. The van der Waals surface area contributed by atoms with Gasteiger partial charge in [0.25, 0.3) is 5.09 Å². The molecule has 1 aliphatic heterocycles. The zero-order valence-corrected chi connectivity index (χ0v) is 18.2. The number of aromatic nitrogens is 1. The molecule has 11 nitrogen and oxygen atoms in total. The van der Waals surface area contributed by atoms with Crippen LogP contribution >= 0.6 is 0 Å². The third-order valence-electron chi connectivity index (χ3n) is 5.04. The molecule has 0 unspecified atom stereocenters. The lowest BCUT2D eigenvalue weighted by Crippen LogP contribution is -2.44. The fraction of sp³-hybridized carbons (Fsp3) is 0.474. The summed E-state index contributed by atoms with van der Waals surface area (Å²) in [5.41, 5.74) is 0.